The van der Waals surface area contributed by atoms with Crippen LogP contribution in [0.3, 0.4) is 0 Å². The molecule has 1 rings (SSSR count). The minimum atomic E-state index is -1.67. The summed E-state index contributed by atoms with van der Waals surface area (Å²) in [6.45, 7) is 11.3. The van der Waals surface area contributed by atoms with Crippen molar-refractivity contribution in [2.75, 3.05) is 0 Å². The van der Waals surface area contributed by atoms with E-state index in [9.17, 15) is 0 Å². The molecular weight excluding hydrogens is 339 g/mol. The van der Waals surface area contributed by atoms with Crippen LogP contribution in [-0.2, 0) is 0 Å². The summed E-state index contributed by atoms with van der Waals surface area (Å²) < 4.78 is 7.41. The van der Waals surface area contributed by atoms with E-state index < -0.39 is 8.32 Å². The topological polar surface area (TPSA) is 9.23 Å². The van der Waals surface area contributed by atoms with Gasteiger partial charge in [-0.1, -0.05) is 26.8 Å². The quantitative estimate of drug-likeness (QED) is 0.556. The van der Waals surface area contributed by atoms with E-state index in [2.05, 4.69) is 68.6 Å². The van der Waals surface area contributed by atoms with Crippen molar-refractivity contribution in [3.8, 4) is 5.75 Å². The molecule has 1 nitrogen and oxygen atoms in total. The maximum Gasteiger partial charge on any atom is 2.00 e. The molecule has 0 N–H and O–H groups in total. The fraction of sp³-hybridized carbons (Fsp3) is 0.500. The first-order chi connectivity index (χ1) is 6.72. The van der Waals surface area contributed by atoms with Gasteiger partial charge in [-0.15, -0.1) is 0 Å². The third-order valence-corrected chi connectivity index (χ3v) is 8.00. The number of benzene rings is 1. The molecule has 0 saturated carbocycles. The molecule has 0 aliphatic rings. The van der Waals surface area contributed by atoms with E-state index in [-0.39, 0.29) is 30.9 Å². The molecule has 0 bridgehead atoms. The van der Waals surface area contributed by atoms with Crippen LogP contribution in [-0.4, -0.2) is 31.4 Å². The molecule has 0 aliphatic heterocycles. The summed E-state index contributed by atoms with van der Waals surface area (Å²) in [5.74, 6) is 1.01. The van der Waals surface area contributed by atoms with Crippen molar-refractivity contribution >= 4 is 54.0 Å². The van der Waals surface area contributed by atoms with E-state index in [1.807, 2.05) is 12.1 Å². The minimum Gasteiger partial charge on any atom is -1.00 e. The van der Waals surface area contributed by atoms with E-state index in [1.165, 1.54) is 3.57 Å². The van der Waals surface area contributed by atoms with E-state index in [4.69, 9.17) is 4.43 Å². The van der Waals surface area contributed by atoms with Crippen LogP contribution in [0.2, 0.25) is 18.1 Å². The predicted molar refractivity (Wildman–Crippen MR) is 85.0 cm³/mol. The SMILES string of the molecule is CC(C)(C)[Si](C)(C)Oc1cccc(I)c1.[H-].[H-].[Mg+2]. The number of rotatable bonds is 2. The number of hydrogen-bond donors (Lipinski definition) is 0. The Morgan fingerprint density at radius 2 is 1.81 bits per heavy atom. The monoisotopic (exact) mass is 360 g/mol. The molecule has 16 heavy (non-hydrogen) atoms. The molecule has 4 heteroatoms. The van der Waals surface area contributed by atoms with Gasteiger partial charge in [-0.2, -0.15) is 0 Å². The zero-order chi connectivity index (χ0) is 11.7. The Labute approximate surface area is 133 Å². The Morgan fingerprint density at radius 1 is 1.25 bits per heavy atom. The van der Waals surface area contributed by atoms with Crippen LogP contribution in [0.5, 0.6) is 5.75 Å². The second kappa shape index (κ2) is 6.06. The predicted octanol–water partition coefficient (Wildman–Crippen LogP) is 4.52. The van der Waals surface area contributed by atoms with Gasteiger partial charge in [-0.3, -0.25) is 0 Å². The van der Waals surface area contributed by atoms with Crippen LogP contribution in [0, 0.1) is 3.57 Å². The molecule has 1 aromatic carbocycles. The molecule has 0 atom stereocenters. The summed E-state index contributed by atoms with van der Waals surface area (Å²) in [6.07, 6.45) is 0. The van der Waals surface area contributed by atoms with Gasteiger partial charge in [0, 0.05) is 3.57 Å². The molecule has 88 valence electrons. The molecule has 0 fully saturated rings. The Kier molecular flexibility index (Phi) is 6.34. The van der Waals surface area contributed by atoms with Crippen LogP contribution in [0.15, 0.2) is 24.3 Å². The van der Waals surface area contributed by atoms with Gasteiger partial charge in [-0.25, -0.2) is 0 Å². The Morgan fingerprint density at radius 3 is 2.25 bits per heavy atom. The summed E-state index contributed by atoms with van der Waals surface area (Å²) in [5, 5.41) is 0.258. The van der Waals surface area contributed by atoms with Crippen molar-refractivity contribution in [2.24, 2.45) is 0 Å². The second-order valence-electron chi connectivity index (χ2n) is 5.32. The summed E-state index contributed by atoms with van der Waals surface area (Å²) in [5.41, 5.74) is 0. The van der Waals surface area contributed by atoms with E-state index in [1.54, 1.807) is 0 Å². The van der Waals surface area contributed by atoms with Crippen molar-refractivity contribution in [1.82, 2.24) is 0 Å². The normalized spacial score (nSPS) is 11.9. The van der Waals surface area contributed by atoms with E-state index in [0.717, 1.165) is 5.75 Å². The fourth-order valence-electron chi connectivity index (χ4n) is 0.978. The van der Waals surface area contributed by atoms with Crippen molar-refractivity contribution < 1.29 is 7.28 Å². The third-order valence-electron chi connectivity index (χ3n) is 2.98. The van der Waals surface area contributed by atoms with E-state index in [0.29, 0.717) is 0 Å². The molecule has 0 heterocycles. The molecule has 0 unspecified atom stereocenters. The average Bonchev–Trinajstić information content (AvgIpc) is 2.00. The summed E-state index contributed by atoms with van der Waals surface area (Å²) in [4.78, 5) is 0. The fourth-order valence-corrected chi connectivity index (χ4v) is 2.52. The Balaban J connectivity index is -0.000000750. The van der Waals surface area contributed by atoms with Gasteiger partial charge >= 0.3 is 23.1 Å². The van der Waals surface area contributed by atoms with Gasteiger partial charge in [0.2, 0.25) is 8.32 Å². The molecule has 0 spiro atoms. The van der Waals surface area contributed by atoms with Crippen molar-refractivity contribution in [3.05, 3.63) is 27.8 Å². The third kappa shape index (κ3) is 4.54. The summed E-state index contributed by atoms with van der Waals surface area (Å²) in [7, 11) is -1.67. The maximum atomic E-state index is 6.18. The smallest absolute Gasteiger partial charge is 1.00 e. The molecule has 1 aromatic rings. The maximum absolute atomic E-state index is 6.18. The number of hydrogen-bond acceptors (Lipinski definition) is 1. The second-order valence-corrected chi connectivity index (χ2v) is 11.3. The van der Waals surface area contributed by atoms with Crippen LogP contribution < -0.4 is 4.43 Å². The van der Waals surface area contributed by atoms with Crippen molar-refractivity contribution in [2.45, 2.75) is 38.9 Å². The van der Waals surface area contributed by atoms with Crippen LogP contribution in [0.1, 0.15) is 23.6 Å². The van der Waals surface area contributed by atoms with E-state index >= 15 is 0 Å². The Bertz CT molecular complexity index is 356. The molecule has 0 saturated heterocycles. The molecular formula is C12H21IMgOSi. The molecule has 0 aromatic heterocycles. The van der Waals surface area contributed by atoms with Gasteiger partial charge in [0.15, 0.2) is 0 Å². The number of halogens is 1. The van der Waals surface area contributed by atoms with Gasteiger partial charge in [0.1, 0.15) is 5.75 Å². The van der Waals surface area contributed by atoms with Crippen molar-refractivity contribution in [3.63, 3.8) is 0 Å². The van der Waals surface area contributed by atoms with Gasteiger partial charge in [-0.05, 0) is 58.9 Å². The van der Waals surface area contributed by atoms with Crippen LogP contribution in [0.25, 0.3) is 0 Å². The zero-order valence-corrected chi connectivity index (χ0v) is 15.4. The standard InChI is InChI=1S/C12H19IOSi.Mg.2H/c1-12(2,3)15(4,5)14-11-8-6-7-10(13)9-11;;;/h6-9H,1-5H3;;;/q;+2;2*-1. The average molecular weight is 361 g/mol. The minimum absolute atomic E-state index is 0. The molecule has 0 amide bonds. The first kappa shape index (κ1) is 16.7. The van der Waals surface area contributed by atoms with Crippen LogP contribution in [0.4, 0.5) is 0 Å². The molecule has 0 aliphatic carbocycles. The molecule has 0 radical (unpaired) electrons. The van der Waals surface area contributed by atoms with Gasteiger partial charge < -0.3 is 7.28 Å². The van der Waals surface area contributed by atoms with Gasteiger partial charge in [0.25, 0.3) is 0 Å². The van der Waals surface area contributed by atoms with Gasteiger partial charge in [0.05, 0.1) is 0 Å². The van der Waals surface area contributed by atoms with Crippen LogP contribution >= 0.6 is 22.6 Å². The summed E-state index contributed by atoms with van der Waals surface area (Å²) in [6, 6.07) is 8.27. The first-order valence-electron chi connectivity index (χ1n) is 5.17. The summed E-state index contributed by atoms with van der Waals surface area (Å²) >= 11 is 2.31. The Hall–Kier alpha value is 0.733. The zero-order valence-electron chi connectivity index (χ0n) is 12.8. The first-order valence-corrected chi connectivity index (χ1v) is 9.16. The largest absolute Gasteiger partial charge is 2.00 e. The van der Waals surface area contributed by atoms with Crippen molar-refractivity contribution in [1.29, 1.82) is 0 Å².